The Hall–Kier alpha value is -2.42. The average Bonchev–Trinajstić information content (AvgIpc) is 3.19. The molecule has 2 aromatic carbocycles. The number of ether oxygens (including phenoxy) is 1. The zero-order valence-electron chi connectivity index (χ0n) is 17.0. The first-order valence-corrected chi connectivity index (χ1v) is 11.7. The molecule has 2 aliphatic rings. The van der Waals surface area contributed by atoms with Crippen LogP contribution in [0.25, 0.3) is 0 Å². The molecule has 2 heterocycles. The van der Waals surface area contributed by atoms with Crippen LogP contribution in [0.15, 0.2) is 65.6 Å². The predicted octanol–water partition coefficient (Wildman–Crippen LogP) is 2.97. The lowest BCUT2D eigenvalue weighted by molar-refractivity contribution is -0.0846. The molecule has 0 saturated carbocycles. The minimum atomic E-state index is -3.65. The first kappa shape index (κ1) is 20.8. The van der Waals surface area contributed by atoms with Gasteiger partial charge in [0.25, 0.3) is 0 Å². The first-order chi connectivity index (χ1) is 14.4. The molecule has 0 radical (unpaired) electrons. The zero-order valence-corrected chi connectivity index (χ0v) is 17.8. The molecule has 2 saturated heterocycles. The molecule has 1 atom stereocenters. The summed E-state index contributed by atoms with van der Waals surface area (Å²) < 4.78 is 33.8. The number of hydrogen-bond donors (Lipinski definition) is 1. The third-order valence-electron chi connectivity index (χ3n) is 5.92. The smallest absolute Gasteiger partial charge is 0.317 e. The summed E-state index contributed by atoms with van der Waals surface area (Å²) in [6.07, 6.45) is 0.901. The van der Waals surface area contributed by atoms with Gasteiger partial charge in [0.2, 0.25) is 10.0 Å². The van der Waals surface area contributed by atoms with E-state index >= 15 is 0 Å². The summed E-state index contributed by atoms with van der Waals surface area (Å²) >= 11 is 0. The molecule has 2 amide bonds. The van der Waals surface area contributed by atoms with Crippen molar-refractivity contribution in [2.75, 3.05) is 26.2 Å². The van der Waals surface area contributed by atoms with Gasteiger partial charge in [0.15, 0.2) is 0 Å². The van der Waals surface area contributed by atoms with Crippen molar-refractivity contribution in [2.45, 2.75) is 36.4 Å². The highest BCUT2D eigenvalue weighted by atomic mass is 32.2. The van der Waals surface area contributed by atoms with E-state index in [1.807, 2.05) is 37.3 Å². The summed E-state index contributed by atoms with van der Waals surface area (Å²) in [6.45, 7) is 3.52. The highest BCUT2D eigenvalue weighted by Crippen LogP contribution is 2.38. The Morgan fingerprint density at radius 2 is 1.60 bits per heavy atom. The number of carbonyl (C=O) groups excluding carboxylic acids is 1. The second-order valence-corrected chi connectivity index (χ2v) is 9.62. The van der Waals surface area contributed by atoms with Gasteiger partial charge < -0.3 is 15.0 Å². The molecule has 8 heteroatoms. The normalized spacial score (nSPS) is 20.2. The molecule has 4 rings (SSSR count). The molecule has 1 N–H and O–H groups in total. The van der Waals surface area contributed by atoms with Gasteiger partial charge in [-0.15, -0.1) is 0 Å². The maximum absolute atomic E-state index is 13.2. The van der Waals surface area contributed by atoms with E-state index in [0.717, 1.165) is 5.56 Å². The van der Waals surface area contributed by atoms with Crippen molar-refractivity contribution in [3.63, 3.8) is 0 Å². The number of rotatable bonds is 4. The van der Waals surface area contributed by atoms with Gasteiger partial charge in [0.05, 0.1) is 17.5 Å². The molecule has 160 valence electrons. The highest BCUT2D eigenvalue weighted by molar-refractivity contribution is 7.89. The Balaban J connectivity index is 1.42. The molecular formula is C22H27N3O4S. The van der Waals surface area contributed by atoms with E-state index in [1.54, 1.807) is 35.2 Å². The van der Waals surface area contributed by atoms with E-state index in [4.69, 9.17) is 4.74 Å². The lowest BCUT2D eigenvalue weighted by Crippen LogP contribution is -2.57. The number of likely N-dealkylation sites (tertiary alicyclic amines) is 1. The second kappa shape index (κ2) is 8.37. The minimum absolute atomic E-state index is 0.104. The van der Waals surface area contributed by atoms with Crippen LogP contribution in [0.3, 0.4) is 0 Å². The van der Waals surface area contributed by atoms with E-state index in [-0.39, 0.29) is 17.0 Å². The Labute approximate surface area is 177 Å². The quantitative estimate of drug-likeness (QED) is 0.811. The number of urea groups is 1. The predicted molar refractivity (Wildman–Crippen MR) is 113 cm³/mol. The van der Waals surface area contributed by atoms with Gasteiger partial charge >= 0.3 is 6.03 Å². The average molecular weight is 430 g/mol. The van der Waals surface area contributed by atoms with E-state index in [2.05, 4.69) is 5.32 Å². The van der Waals surface area contributed by atoms with Gasteiger partial charge in [0, 0.05) is 32.5 Å². The monoisotopic (exact) mass is 429 g/mol. The van der Waals surface area contributed by atoms with Crippen LogP contribution >= 0.6 is 0 Å². The van der Waals surface area contributed by atoms with E-state index in [9.17, 15) is 13.2 Å². The number of piperidine rings is 1. The van der Waals surface area contributed by atoms with Crippen molar-refractivity contribution in [1.82, 2.24) is 14.5 Å². The van der Waals surface area contributed by atoms with Crippen LogP contribution in [0, 0.1) is 0 Å². The fourth-order valence-electron chi connectivity index (χ4n) is 4.21. The van der Waals surface area contributed by atoms with Crippen LogP contribution in [0.4, 0.5) is 4.79 Å². The molecule has 2 fully saturated rings. The van der Waals surface area contributed by atoms with Gasteiger partial charge in [-0.1, -0.05) is 48.5 Å². The third kappa shape index (κ3) is 3.95. The summed E-state index contributed by atoms with van der Waals surface area (Å²) in [7, 11) is -3.65. The summed E-state index contributed by atoms with van der Waals surface area (Å²) in [6, 6.07) is 18.0. The van der Waals surface area contributed by atoms with Gasteiger partial charge in [0.1, 0.15) is 5.72 Å². The molecule has 0 aromatic heterocycles. The third-order valence-corrected chi connectivity index (χ3v) is 7.89. The SMILES string of the molecule is C[C@@H](NC(=O)N1CCC2(CC1)OCCN2S(=O)(=O)c1ccccc1)c1ccccc1. The van der Waals surface area contributed by atoms with Gasteiger partial charge in [-0.25, -0.2) is 13.2 Å². The van der Waals surface area contributed by atoms with E-state index < -0.39 is 15.7 Å². The minimum Gasteiger partial charge on any atom is -0.358 e. The molecule has 2 aliphatic heterocycles. The summed E-state index contributed by atoms with van der Waals surface area (Å²) in [4.78, 5) is 14.7. The number of carbonyl (C=O) groups is 1. The Kier molecular flexibility index (Phi) is 5.81. The Morgan fingerprint density at radius 1 is 1.00 bits per heavy atom. The van der Waals surface area contributed by atoms with Gasteiger partial charge in [-0.05, 0) is 24.6 Å². The van der Waals surface area contributed by atoms with Crippen molar-refractivity contribution in [1.29, 1.82) is 0 Å². The Bertz CT molecular complexity index is 974. The Morgan fingerprint density at radius 3 is 2.23 bits per heavy atom. The van der Waals surface area contributed by atoms with Gasteiger partial charge in [-0.3, -0.25) is 0 Å². The van der Waals surface area contributed by atoms with Crippen LogP contribution in [-0.2, 0) is 14.8 Å². The number of nitrogens with zero attached hydrogens (tertiary/aromatic N) is 2. The number of sulfonamides is 1. The van der Waals surface area contributed by atoms with Gasteiger partial charge in [-0.2, -0.15) is 4.31 Å². The van der Waals surface area contributed by atoms with Crippen molar-refractivity contribution in [3.05, 3.63) is 66.2 Å². The van der Waals surface area contributed by atoms with E-state index in [1.165, 1.54) is 4.31 Å². The second-order valence-electron chi connectivity index (χ2n) is 7.75. The number of nitrogens with one attached hydrogen (secondary N) is 1. The lowest BCUT2D eigenvalue weighted by Gasteiger charge is -2.42. The standard InChI is InChI=1S/C22H27N3O4S/c1-18(19-8-4-2-5-9-19)23-21(26)24-14-12-22(13-15-24)25(16-17-29-22)30(27,28)20-10-6-3-7-11-20/h2-11,18H,12-17H2,1H3,(H,23,26)/t18-/m1/s1. The summed E-state index contributed by atoms with van der Waals surface area (Å²) in [5.41, 5.74) is 0.162. The maximum Gasteiger partial charge on any atom is 0.317 e. The molecule has 2 aromatic rings. The highest BCUT2D eigenvalue weighted by Gasteiger charge is 2.51. The summed E-state index contributed by atoms with van der Waals surface area (Å²) in [5, 5.41) is 3.03. The van der Waals surface area contributed by atoms with Crippen molar-refractivity contribution in [2.24, 2.45) is 0 Å². The fourth-order valence-corrected chi connectivity index (χ4v) is 5.95. The number of benzene rings is 2. The topological polar surface area (TPSA) is 79.0 Å². The van der Waals surface area contributed by atoms with Crippen LogP contribution in [0.1, 0.15) is 31.4 Å². The first-order valence-electron chi connectivity index (χ1n) is 10.2. The van der Waals surface area contributed by atoms with Crippen LogP contribution in [0.5, 0.6) is 0 Å². The molecule has 0 aliphatic carbocycles. The molecule has 0 unspecified atom stereocenters. The molecule has 30 heavy (non-hydrogen) atoms. The summed E-state index contributed by atoms with van der Waals surface area (Å²) in [5.74, 6) is 0. The molecule has 7 nitrogen and oxygen atoms in total. The molecule has 1 spiro atoms. The fraction of sp³-hybridized carbons (Fsp3) is 0.409. The van der Waals surface area contributed by atoms with Crippen molar-refractivity contribution in [3.8, 4) is 0 Å². The number of amides is 2. The maximum atomic E-state index is 13.2. The number of hydrogen-bond acceptors (Lipinski definition) is 4. The van der Waals surface area contributed by atoms with Crippen LogP contribution in [0.2, 0.25) is 0 Å². The molecule has 0 bridgehead atoms. The van der Waals surface area contributed by atoms with Crippen LogP contribution in [-0.4, -0.2) is 55.6 Å². The lowest BCUT2D eigenvalue weighted by atomic mass is 10.0. The zero-order chi connectivity index (χ0) is 21.2. The molecular weight excluding hydrogens is 402 g/mol. The van der Waals surface area contributed by atoms with E-state index in [0.29, 0.717) is 39.1 Å². The van der Waals surface area contributed by atoms with Crippen molar-refractivity contribution >= 4 is 16.1 Å². The largest absolute Gasteiger partial charge is 0.358 e. The van der Waals surface area contributed by atoms with Crippen LogP contribution < -0.4 is 5.32 Å². The van der Waals surface area contributed by atoms with Crippen molar-refractivity contribution < 1.29 is 17.9 Å².